The van der Waals surface area contributed by atoms with E-state index >= 15 is 0 Å². The number of benzene rings is 1. The van der Waals surface area contributed by atoms with E-state index in [0.717, 1.165) is 30.8 Å². The minimum atomic E-state index is -0.985. The first kappa shape index (κ1) is 12.4. The topological polar surface area (TPSA) is 21.3 Å². The SMILES string of the molecule is COc1c(C(C)F)cccc1C1CCCNC1. The summed E-state index contributed by atoms with van der Waals surface area (Å²) in [5.74, 6) is 1.17. The Labute approximate surface area is 102 Å². The van der Waals surface area contributed by atoms with Crippen LogP contribution in [0.15, 0.2) is 18.2 Å². The Bertz CT molecular complexity index is 372. The van der Waals surface area contributed by atoms with Crippen molar-refractivity contribution in [2.75, 3.05) is 20.2 Å². The molecule has 0 spiro atoms. The van der Waals surface area contributed by atoms with Gasteiger partial charge in [0.25, 0.3) is 0 Å². The van der Waals surface area contributed by atoms with Crippen molar-refractivity contribution in [1.82, 2.24) is 5.32 Å². The van der Waals surface area contributed by atoms with Gasteiger partial charge in [0.1, 0.15) is 11.9 Å². The summed E-state index contributed by atoms with van der Waals surface area (Å²) in [6.07, 6.45) is 1.33. The molecule has 1 aromatic carbocycles. The zero-order chi connectivity index (χ0) is 12.3. The summed E-state index contributed by atoms with van der Waals surface area (Å²) < 4.78 is 19.0. The second kappa shape index (κ2) is 5.50. The van der Waals surface area contributed by atoms with E-state index in [9.17, 15) is 4.39 Å². The van der Waals surface area contributed by atoms with Gasteiger partial charge in [-0.3, -0.25) is 0 Å². The molecule has 0 aromatic heterocycles. The summed E-state index contributed by atoms with van der Waals surface area (Å²) in [6, 6.07) is 5.80. The highest BCUT2D eigenvalue weighted by Gasteiger charge is 2.22. The lowest BCUT2D eigenvalue weighted by molar-refractivity contribution is 0.340. The molecule has 1 saturated heterocycles. The highest BCUT2D eigenvalue weighted by molar-refractivity contribution is 5.45. The molecule has 2 nitrogen and oxygen atoms in total. The van der Waals surface area contributed by atoms with Crippen molar-refractivity contribution in [3.8, 4) is 5.75 Å². The number of methoxy groups -OCH3 is 1. The van der Waals surface area contributed by atoms with Crippen LogP contribution in [0.3, 0.4) is 0 Å². The minimum absolute atomic E-state index is 0.442. The molecule has 0 aliphatic carbocycles. The van der Waals surface area contributed by atoms with Crippen LogP contribution >= 0.6 is 0 Å². The third kappa shape index (κ3) is 2.60. The van der Waals surface area contributed by atoms with Crippen molar-refractivity contribution in [3.63, 3.8) is 0 Å². The van der Waals surface area contributed by atoms with Crippen molar-refractivity contribution in [1.29, 1.82) is 0 Å². The first-order chi connectivity index (χ1) is 8.24. The number of para-hydroxylation sites is 1. The molecular weight excluding hydrogens is 217 g/mol. The van der Waals surface area contributed by atoms with E-state index in [-0.39, 0.29) is 0 Å². The predicted molar refractivity (Wildman–Crippen MR) is 67.4 cm³/mol. The molecule has 94 valence electrons. The summed E-state index contributed by atoms with van der Waals surface area (Å²) in [4.78, 5) is 0. The van der Waals surface area contributed by atoms with Crippen molar-refractivity contribution < 1.29 is 9.13 Å². The Morgan fingerprint density at radius 3 is 2.88 bits per heavy atom. The standard InChI is InChI=1S/C14H20FNO/c1-10(15)12-6-3-7-13(14(12)17-2)11-5-4-8-16-9-11/h3,6-7,10-11,16H,4-5,8-9H2,1-2H3. The van der Waals surface area contributed by atoms with Gasteiger partial charge in [0.15, 0.2) is 0 Å². The Hall–Kier alpha value is -1.09. The van der Waals surface area contributed by atoms with Crippen LogP contribution in [0.1, 0.15) is 43.0 Å². The summed E-state index contributed by atoms with van der Waals surface area (Å²) in [6.45, 7) is 3.60. The van der Waals surface area contributed by atoms with Gasteiger partial charge in [-0.25, -0.2) is 4.39 Å². The Balaban J connectivity index is 2.35. The number of ether oxygens (including phenoxy) is 1. The van der Waals surface area contributed by atoms with Crippen LogP contribution in [0.4, 0.5) is 4.39 Å². The van der Waals surface area contributed by atoms with Crippen LogP contribution in [0, 0.1) is 0 Å². The molecule has 0 bridgehead atoms. The number of hydrogen-bond donors (Lipinski definition) is 1. The van der Waals surface area contributed by atoms with Crippen molar-refractivity contribution >= 4 is 0 Å². The molecule has 17 heavy (non-hydrogen) atoms. The van der Waals surface area contributed by atoms with E-state index in [1.165, 1.54) is 6.42 Å². The molecular formula is C14H20FNO. The predicted octanol–water partition coefficient (Wildman–Crippen LogP) is 3.19. The molecule has 1 heterocycles. The lowest BCUT2D eigenvalue weighted by Crippen LogP contribution is -2.28. The first-order valence-corrected chi connectivity index (χ1v) is 6.25. The van der Waals surface area contributed by atoms with Gasteiger partial charge in [0, 0.05) is 18.0 Å². The summed E-state index contributed by atoms with van der Waals surface area (Å²) in [7, 11) is 1.63. The van der Waals surface area contributed by atoms with Crippen LogP contribution in [0.2, 0.25) is 0 Å². The van der Waals surface area contributed by atoms with Gasteiger partial charge in [-0.05, 0) is 31.9 Å². The van der Waals surface area contributed by atoms with Crippen molar-refractivity contribution in [2.45, 2.75) is 31.9 Å². The molecule has 1 aliphatic heterocycles. The number of rotatable bonds is 3. The molecule has 2 unspecified atom stereocenters. The maximum absolute atomic E-state index is 13.5. The molecule has 0 amide bonds. The lowest BCUT2D eigenvalue weighted by atomic mass is 9.89. The van der Waals surface area contributed by atoms with Gasteiger partial charge in [0.2, 0.25) is 0 Å². The van der Waals surface area contributed by atoms with Crippen LogP contribution < -0.4 is 10.1 Å². The highest BCUT2D eigenvalue weighted by atomic mass is 19.1. The fraction of sp³-hybridized carbons (Fsp3) is 0.571. The number of halogens is 1. The average molecular weight is 237 g/mol. The molecule has 1 aromatic rings. The minimum Gasteiger partial charge on any atom is -0.496 e. The van der Waals surface area contributed by atoms with Gasteiger partial charge in [0.05, 0.1) is 7.11 Å². The van der Waals surface area contributed by atoms with E-state index in [1.807, 2.05) is 12.1 Å². The van der Waals surface area contributed by atoms with E-state index < -0.39 is 6.17 Å². The third-order valence-corrected chi connectivity index (χ3v) is 3.45. The molecule has 0 radical (unpaired) electrons. The summed E-state index contributed by atoms with van der Waals surface area (Å²) in [5, 5.41) is 3.38. The third-order valence-electron chi connectivity index (χ3n) is 3.45. The van der Waals surface area contributed by atoms with E-state index in [1.54, 1.807) is 14.0 Å². The van der Waals surface area contributed by atoms with Crippen molar-refractivity contribution in [3.05, 3.63) is 29.3 Å². The fourth-order valence-electron chi connectivity index (χ4n) is 2.56. The highest BCUT2D eigenvalue weighted by Crippen LogP contribution is 2.37. The number of piperidine rings is 1. The maximum atomic E-state index is 13.5. The molecule has 1 aliphatic rings. The van der Waals surface area contributed by atoms with Gasteiger partial charge in [-0.15, -0.1) is 0 Å². The molecule has 3 heteroatoms. The molecule has 0 saturated carbocycles. The number of hydrogen-bond acceptors (Lipinski definition) is 2. The van der Waals surface area contributed by atoms with Crippen LogP contribution in [-0.4, -0.2) is 20.2 Å². The average Bonchev–Trinajstić information content (AvgIpc) is 2.38. The maximum Gasteiger partial charge on any atom is 0.128 e. The van der Waals surface area contributed by atoms with Gasteiger partial charge in [-0.2, -0.15) is 0 Å². The second-order valence-corrected chi connectivity index (χ2v) is 4.63. The Morgan fingerprint density at radius 2 is 2.29 bits per heavy atom. The Morgan fingerprint density at radius 1 is 1.47 bits per heavy atom. The quantitative estimate of drug-likeness (QED) is 0.871. The van der Waals surface area contributed by atoms with Crippen molar-refractivity contribution in [2.24, 2.45) is 0 Å². The molecule has 2 atom stereocenters. The monoisotopic (exact) mass is 237 g/mol. The number of alkyl halides is 1. The fourth-order valence-corrected chi connectivity index (χ4v) is 2.56. The lowest BCUT2D eigenvalue weighted by Gasteiger charge is -2.26. The normalized spacial score (nSPS) is 22.2. The van der Waals surface area contributed by atoms with Crippen LogP contribution in [0.25, 0.3) is 0 Å². The zero-order valence-electron chi connectivity index (χ0n) is 10.5. The second-order valence-electron chi connectivity index (χ2n) is 4.63. The van der Waals surface area contributed by atoms with E-state index in [0.29, 0.717) is 11.5 Å². The first-order valence-electron chi connectivity index (χ1n) is 6.25. The van der Waals surface area contributed by atoms with Gasteiger partial charge >= 0.3 is 0 Å². The smallest absolute Gasteiger partial charge is 0.128 e. The molecule has 2 rings (SSSR count). The largest absolute Gasteiger partial charge is 0.496 e. The number of nitrogens with one attached hydrogen (secondary N) is 1. The van der Waals surface area contributed by atoms with E-state index in [4.69, 9.17) is 4.74 Å². The van der Waals surface area contributed by atoms with E-state index in [2.05, 4.69) is 11.4 Å². The van der Waals surface area contributed by atoms with Gasteiger partial charge < -0.3 is 10.1 Å². The molecule has 1 N–H and O–H groups in total. The van der Waals surface area contributed by atoms with Crippen LogP contribution in [0.5, 0.6) is 5.75 Å². The molecule has 1 fully saturated rings. The Kier molecular flexibility index (Phi) is 4.00. The van der Waals surface area contributed by atoms with Crippen LogP contribution in [-0.2, 0) is 0 Å². The summed E-state index contributed by atoms with van der Waals surface area (Å²) >= 11 is 0. The van der Waals surface area contributed by atoms with Gasteiger partial charge in [-0.1, -0.05) is 18.2 Å². The zero-order valence-corrected chi connectivity index (χ0v) is 10.5. The summed E-state index contributed by atoms with van der Waals surface area (Å²) in [5.41, 5.74) is 1.80.